The van der Waals surface area contributed by atoms with Crippen LogP contribution in [0.3, 0.4) is 0 Å². The van der Waals surface area contributed by atoms with E-state index in [9.17, 15) is 5.11 Å². The summed E-state index contributed by atoms with van der Waals surface area (Å²) in [7, 11) is -1.58. The zero-order valence-corrected chi connectivity index (χ0v) is 13.1. The van der Waals surface area contributed by atoms with Gasteiger partial charge in [-0.2, -0.15) is 0 Å². The zero-order chi connectivity index (χ0) is 13.6. The summed E-state index contributed by atoms with van der Waals surface area (Å²) in [6, 6.07) is 10.7. The lowest BCUT2D eigenvalue weighted by atomic mass is 10.1. The summed E-state index contributed by atoms with van der Waals surface area (Å²) in [6.07, 6.45) is 4.92. The van der Waals surface area contributed by atoms with Gasteiger partial charge in [-0.15, -0.1) is 0 Å². The second-order valence-corrected chi connectivity index (χ2v) is 10.2. The molecule has 0 aliphatic rings. The van der Waals surface area contributed by atoms with Crippen molar-refractivity contribution >= 4 is 13.3 Å². The van der Waals surface area contributed by atoms with Crippen LogP contribution in [-0.2, 0) is 0 Å². The zero-order valence-electron chi connectivity index (χ0n) is 12.1. The lowest BCUT2D eigenvalue weighted by Gasteiger charge is -2.25. The van der Waals surface area contributed by atoms with Gasteiger partial charge in [-0.05, 0) is 13.3 Å². The van der Waals surface area contributed by atoms with Crippen molar-refractivity contribution in [2.45, 2.75) is 52.3 Å². The molecule has 1 N–H and O–H groups in total. The number of rotatable bonds is 6. The van der Waals surface area contributed by atoms with Crippen molar-refractivity contribution in [3.63, 3.8) is 0 Å². The minimum absolute atomic E-state index is 0.277. The number of hydrogen-bond donors (Lipinski definition) is 1. The highest BCUT2D eigenvalue weighted by Gasteiger charge is 2.25. The van der Waals surface area contributed by atoms with E-state index in [2.05, 4.69) is 63.3 Å². The van der Waals surface area contributed by atoms with E-state index < -0.39 is 8.07 Å². The molecule has 18 heavy (non-hydrogen) atoms. The van der Waals surface area contributed by atoms with Crippen LogP contribution >= 0.6 is 0 Å². The average Bonchev–Trinajstić information content (AvgIpc) is 2.37. The Morgan fingerprint density at radius 3 is 2.44 bits per heavy atom. The van der Waals surface area contributed by atoms with Crippen molar-refractivity contribution < 1.29 is 5.11 Å². The van der Waals surface area contributed by atoms with E-state index in [1.165, 1.54) is 10.4 Å². The van der Waals surface area contributed by atoms with Crippen LogP contribution in [0.2, 0.25) is 13.1 Å². The molecule has 1 nitrogen and oxygen atoms in total. The predicted octanol–water partition coefficient (Wildman–Crippen LogP) is 3.64. The number of benzene rings is 1. The van der Waals surface area contributed by atoms with Crippen LogP contribution < -0.4 is 5.19 Å². The smallest absolute Gasteiger partial charge is 0.106 e. The van der Waals surface area contributed by atoms with Crippen LogP contribution in [0.1, 0.15) is 33.1 Å². The molecule has 0 saturated heterocycles. The maximum atomic E-state index is 10.0. The minimum atomic E-state index is -1.58. The first-order valence-corrected chi connectivity index (χ1v) is 9.91. The summed E-state index contributed by atoms with van der Waals surface area (Å²) < 4.78 is 0. The highest BCUT2D eigenvalue weighted by molar-refractivity contribution is 6.95. The molecular formula is C16H26OSi. The first-order chi connectivity index (χ1) is 8.48. The summed E-state index contributed by atoms with van der Waals surface area (Å²) in [4.78, 5) is 0. The fourth-order valence-electron chi connectivity index (χ4n) is 2.08. The van der Waals surface area contributed by atoms with Crippen molar-refractivity contribution in [1.82, 2.24) is 0 Å². The molecule has 1 unspecified atom stereocenters. The highest BCUT2D eigenvalue weighted by Crippen LogP contribution is 2.16. The molecule has 0 aromatic heterocycles. The van der Waals surface area contributed by atoms with Gasteiger partial charge in [-0.3, -0.25) is 0 Å². The monoisotopic (exact) mass is 262 g/mol. The summed E-state index contributed by atoms with van der Waals surface area (Å²) >= 11 is 0. The van der Waals surface area contributed by atoms with E-state index in [1.807, 2.05) is 0 Å². The number of aliphatic hydroxyl groups excluding tert-OH is 1. The van der Waals surface area contributed by atoms with Crippen molar-refractivity contribution in [2.24, 2.45) is 0 Å². The van der Waals surface area contributed by atoms with E-state index in [4.69, 9.17) is 0 Å². The molecule has 0 heterocycles. The van der Waals surface area contributed by atoms with Crippen LogP contribution in [0, 0.1) is 0 Å². The van der Waals surface area contributed by atoms with E-state index in [0.717, 1.165) is 19.3 Å². The van der Waals surface area contributed by atoms with Gasteiger partial charge in [0.1, 0.15) is 8.07 Å². The van der Waals surface area contributed by atoms with Crippen LogP contribution in [0.4, 0.5) is 0 Å². The first kappa shape index (κ1) is 15.2. The lowest BCUT2D eigenvalue weighted by molar-refractivity contribution is 0.208. The topological polar surface area (TPSA) is 20.2 Å². The Labute approximate surface area is 113 Å². The fraction of sp³-hybridized carbons (Fsp3) is 0.500. The molecule has 0 aliphatic heterocycles. The summed E-state index contributed by atoms with van der Waals surface area (Å²) in [5.41, 5.74) is 0. The number of hydrogen-bond acceptors (Lipinski definition) is 1. The third-order valence-electron chi connectivity index (χ3n) is 3.78. The van der Waals surface area contributed by atoms with Gasteiger partial charge in [-0.25, -0.2) is 0 Å². The van der Waals surface area contributed by atoms with Gasteiger partial charge in [0.15, 0.2) is 0 Å². The fourth-order valence-corrected chi connectivity index (χ4v) is 4.17. The summed E-state index contributed by atoms with van der Waals surface area (Å²) in [5.74, 6) is 0. The molecule has 0 amide bonds. The Morgan fingerprint density at radius 1 is 1.28 bits per heavy atom. The molecule has 2 heteroatoms. The van der Waals surface area contributed by atoms with E-state index in [0.29, 0.717) is 0 Å². The Bertz CT molecular complexity index is 381. The third kappa shape index (κ3) is 4.11. The van der Waals surface area contributed by atoms with Crippen LogP contribution in [0.5, 0.6) is 0 Å². The Hall–Kier alpha value is -0.863. The molecule has 1 aromatic rings. The Balaban J connectivity index is 2.81. The van der Waals surface area contributed by atoms with E-state index in [1.54, 1.807) is 0 Å². The highest BCUT2D eigenvalue weighted by atomic mass is 28.3. The van der Waals surface area contributed by atoms with Gasteiger partial charge in [-0.1, -0.05) is 79.7 Å². The van der Waals surface area contributed by atoms with Gasteiger partial charge < -0.3 is 5.11 Å². The lowest BCUT2D eigenvalue weighted by Crippen LogP contribution is -2.43. The maximum absolute atomic E-state index is 10.0. The van der Waals surface area contributed by atoms with Crippen molar-refractivity contribution in [2.75, 3.05) is 0 Å². The number of aliphatic hydroxyl groups is 1. The van der Waals surface area contributed by atoms with E-state index in [-0.39, 0.29) is 6.10 Å². The molecule has 0 radical (unpaired) electrons. The molecule has 0 bridgehead atoms. The van der Waals surface area contributed by atoms with E-state index >= 15 is 0 Å². The van der Waals surface area contributed by atoms with Crippen molar-refractivity contribution in [1.29, 1.82) is 0 Å². The van der Waals surface area contributed by atoms with Gasteiger partial charge in [0.2, 0.25) is 0 Å². The van der Waals surface area contributed by atoms with Crippen LogP contribution in [0.25, 0.3) is 0 Å². The molecule has 1 atom stereocenters. The Morgan fingerprint density at radius 2 is 1.89 bits per heavy atom. The van der Waals surface area contributed by atoms with Gasteiger partial charge in [0.25, 0.3) is 0 Å². The largest absolute Gasteiger partial charge is 0.389 e. The molecule has 0 spiro atoms. The standard InChI is InChI=1S/C16H26OSi/c1-5-6-10-15(17)13-14(2)18(3,4)16-11-8-7-9-12-16/h7-9,11-13,15,17H,5-6,10H2,1-4H3/b14-13+. The molecule has 1 aromatic carbocycles. The number of allylic oxidation sites excluding steroid dienone is 1. The third-order valence-corrected chi connectivity index (χ3v) is 7.69. The molecule has 1 rings (SSSR count). The van der Waals surface area contributed by atoms with Crippen molar-refractivity contribution in [3.05, 3.63) is 41.6 Å². The Kier molecular flexibility index (Phi) is 5.83. The van der Waals surface area contributed by atoms with Crippen molar-refractivity contribution in [3.8, 4) is 0 Å². The van der Waals surface area contributed by atoms with Crippen LogP contribution in [-0.4, -0.2) is 19.3 Å². The first-order valence-electron chi connectivity index (χ1n) is 6.91. The predicted molar refractivity (Wildman–Crippen MR) is 82.8 cm³/mol. The second-order valence-electron chi connectivity index (χ2n) is 5.55. The molecule has 0 aliphatic carbocycles. The molecular weight excluding hydrogens is 236 g/mol. The normalized spacial score (nSPS) is 14.6. The molecule has 0 fully saturated rings. The second kappa shape index (κ2) is 6.91. The van der Waals surface area contributed by atoms with Gasteiger partial charge in [0, 0.05) is 0 Å². The SMILES string of the molecule is CCCCC(O)/C=C(\C)[Si](C)(C)c1ccccc1. The molecule has 100 valence electrons. The van der Waals surface area contributed by atoms with Gasteiger partial charge in [0.05, 0.1) is 6.10 Å². The van der Waals surface area contributed by atoms with Crippen LogP contribution in [0.15, 0.2) is 41.6 Å². The average molecular weight is 262 g/mol. The minimum Gasteiger partial charge on any atom is -0.389 e. The summed E-state index contributed by atoms with van der Waals surface area (Å²) in [5, 5.41) is 12.8. The maximum Gasteiger partial charge on any atom is 0.106 e. The number of unbranched alkanes of at least 4 members (excludes halogenated alkanes) is 1. The quantitative estimate of drug-likeness (QED) is 0.776. The molecule has 0 saturated carbocycles. The van der Waals surface area contributed by atoms with Gasteiger partial charge >= 0.3 is 0 Å². The summed E-state index contributed by atoms with van der Waals surface area (Å²) in [6.45, 7) is 9.03.